The zero-order chi connectivity index (χ0) is 22.9. The quantitative estimate of drug-likeness (QED) is 0.429. The molecule has 0 saturated heterocycles. The summed E-state index contributed by atoms with van der Waals surface area (Å²) in [6.07, 6.45) is 1.56. The summed E-state index contributed by atoms with van der Waals surface area (Å²) >= 11 is 0. The Balaban J connectivity index is 1.88. The molecular formula is C20H13N4O6S2-. The van der Waals surface area contributed by atoms with Crippen molar-refractivity contribution in [3.63, 3.8) is 0 Å². The molecule has 2 heterocycles. The van der Waals surface area contributed by atoms with E-state index in [4.69, 9.17) is 0 Å². The van der Waals surface area contributed by atoms with Gasteiger partial charge in [0.1, 0.15) is 27.2 Å². The molecule has 4 rings (SSSR count). The molecule has 0 unspecified atom stereocenters. The second-order valence-electron chi connectivity index (χ2n) is 6.53. The molecule has 0 amide bonds. The molecule has 0 saturated carbocycles. The van der Waals surface area contributed by atoms with Gasteiger partial charge in [-0.05, 0) is 36.4 Å². The predicted octanol–water partition coefficient (Wildman–Crippen LogP) is 2.42. The number of benzene rings is 2. The van der Waals surface area contributed by atoms with Gasteiger partial charge in [-0.15, -0.1) is 10.2 Å². The Hall–Kier alpha value is -3.58. The van der Waals surface area contributed by atoms with Crippen LogP contribution >= 0.6 is 0 Å². The van der Waals surface area contributed by atoms with Crippen LogP contribution in [0.4, 0.5) is 0 Å². The van der Waals surface area contributed by atoms with Crippen molar-refractivity contribution in [1.29, 1.82) is 0 Å². The largest absolute Gasteiger partial charge is 0.744 e. The molecule has 0 spiro atoms. The van der Waals surface area contributed by atoms with Crippen LogP contribution < -0.4 is 0 Å². The molecule has 0 radical (unpaired) electrons. The van der Waals surface area contributed by atoms with E-state index in [0.29, 0.717) is 22.5 Å². The number of pyridine rings is 1. The van der Waals surface area contributed by atoms with E-state index in [0.717, 1.165) is 12.1 Å². The fourth-order valence-corrected chi connectivity index (χ4v) is 3.84. The fourth-order valence-electron chi connectivity index (χ4n) is 2.89. The third-order valence-corrected chi connectivity index (χ3v) is 6.14. The van der Waals surface area contributed by atoms with Crippen LogP contribution in [0.25, 0.3) is 34.0 Å². The second kappa shape index (κ2) is 8.16. The Morgan fingerprint density at radius 2 is 1.31 bits per heavy atom. The molecule has 0 atom stereocenters. The lowest BCUT2D eigenvalue weighted by molar-refractivity contribution is 0.463. The lowest BCUT2D eigenvalue weighted by atomic mass is 10.0. The maximum absolute atomic E-state index is 11.3. The van der Waals surface area contributed by atoms with Crippen LogP contribution in [0.5, 0.6) is 0 Å². The van der Waals surface area contributed by atoms with Gasteiger partial charge < -0.3 is 4.55 Å². The van der Waals surface area contributed by atoms with Crippen LogP contribution in [0.1, 0.15) is 0 Å². The third-order valence-electron chi connectivity index (χ3n) is 4.42. The summed E-state index contributed by atoms with van der Waals surface area (Å²) in [7, 11) is -8.99. The van der Waals surface area contributed by atoms with Crippen molar-refractivity contribution in [2.75, 3.05) is 0 Å². The second-order valence-corrected chi connectivity index (χ2v) is 9.33. The summed E-state index contributed by atoms with van der Waals surface area (Å²) in [6, 6.07) is 15.6. The molecular weight excluding hydrogens is 456 g/mol. The molecule has 12 heteroatoms. The number of aromatic nitrogens is 4. The fraction of sp³-hybridized carbons (Fsp3) is 0. The van der Waals surface area contributed by atoms with E-state index in [9.17, 15) is 25.9 Å². The Kier molecular flexibility index (Phi) is 5.52. The van der Waals surface area contributed by atoms with Gasteiger partial charge in [-0.3, -0.25) is 9.54 Å². The molecule has 2 aromatic carbocycles. The highest BCUT2D eigenvalue weighted by Crippen LogP contribution is 2.31. The first-order valence-corrected chi connectivity index (χ1v) is 11.8. The highest BCUT2D eigenvalue weighted by molar-refractivity contribution is 7.86. The van der Waals surface area contributed by atoms with Crippen molar-refractivity contribution >= 4 is 20.2 Å². The highest BCUT2D eigenvalue weighted by atomic mass is 32.2. The molecule has 162 valence electrons. The van der Waals surface area contributed by atoms with E-state index >= 15 is 0 Å². The van der Waals surface area contributed by atoms with E-state index < -0.39 is 25.1 Å². The van der Waals surface area contributed by atoms with Crippen molar-refractivity contribution in [3.8, 4) is 34.0 Å². The Morgan fingerprint density at radius 1 is 0.719 bits per heavy atom. The van der Waals surface area contributed by atoms with Gasteiger partial charge in [0.15, 0.2) is 0 Å². The number of hydrogen-bond donors (Lipinski definition) is 1. The highest BCUT2D eigenvalue weighted by Gasteiger charge is 2.17. The van der Waals surface area contributed by atoms with Crippen LogP contribution in [0.15, 0.2) is 82.7 Å². The van der Waals surface area contributed by atoms with Gasteiger partial charge in [-0.25, -0.2) is 13.4 Å². The molecule has 0 aliphatic heterocycles. The predicted molar refractivity (Wildman–Crippen MR) is 112 cm³/mol. The monoisotopic (exact) mass is 469 g/mol. The SMILES string of the molecule is O=S(=O)([O-])c1ccc(-c2nc(-c3ccccn3)nnc2-c2ccc(S(=O)(=O)O)cc2)cc1. The number of rotatable bonds is 5. The normalized spacial score (nSPS) is 11.9. The molecule has 4 aromatic rings. The first kappa shape index (κ1) is 21.6. The first-order chi connectivity index (χ1) is 15.1. The van der Waals surface area contributed by atoms with E-state index in [1.165, 1.54) is 36.4 Å². The standard InChI is InChI=1S/C20H14N4O6S2/c25-31(26,27)15-8-4-13(5-9-15)18-19(14-6-10-16(11-7-14)32(28,29)30)23-24-20(22-18)17-3-1-2-12-21-17/h1-12H,(H,25,26,27)(H,28,29,30)/p-1. The van der Waals surface area contributed by atoms with Crippen LogP contribution in [-0.2, 0) is 20.2 Å². The summed E-state index contributed by atoms with van der Waals surface area (Å²) in [5.74, 6) is 0.208. The van der Waals surface area contributed by atoms with E-state index in [2.05, 4.69) is 20.2 Å². The van der Waals surface area contributed by atoms with Gasteiger partial charge >= 0.3 is 0 Å². The first-order valence-electron chi connectivity index (χ1n) is 8.93. The van der Waals surface area contributed by atoms with Crippen molar-refractivity contribution in [2.45, 2.75) is 9.79 Å². The average Bonchev–Trinajstić information content (AvgIpc) is 2.78. The smallest absolute Gasteiger partial charge is 0.294 e. The lowest BCUT2D eigenvalue weighted by Gasteiger charge is -2.11. The topological polar surface area (TPSA) is 163 Å². The average molecular weight is 469 g/mol. The zero-order valence-corrected chi connectivity index (χ0v) is 17.7. The number of nitrogens with zero attached hydrogens (tertiary/aromatic N) is 4. The van der Waals surface area contributed by atoms with Gasteiger partial charge in [-0.1, -0.05) is 30.3 Å². The summed E-state index contributed by atoms with van der Waals surface area (Å²) < 4.78 is 65.6. The molecule has 2 aromatic heterocycles. The minimum atomic E-state index is -4.62. The summed E-state index contributed by atoms with van der Waals surface area (Å²) in [4.78, 5) is 8.02. The molecule has 32 heavy (non-hydrogen) atoms. The molecule has 0 aliphatic carbocycles. The molecule has 10 nitrogen and oxygen atoms in total. The van der Waals surface area contributed by atoms with Crippen LogP contribution in [0, 0.1) is 0 Å². The Labute approximate surface area is 183 Å². The molecule has 0 bridgehead atoms. The van der Waals surface area contributed by atoms with E-state index in [1.54, 1.807) is 24.4 Å². The van der Waals surface area contributed by atoms with Crippen molar-refractivity contribution in [1.82, 2.24) is 20.2 Å². The van der Waals surface area contributed by atoms with Crippen LogP contribution in [0.3, 0.4) is 0 Å². The van der Waals surface area contributed by atoms with Crippen molar-refractivity contribution < 1.29 is 25.9 Å². The summed E-state index contributed by atoms with van der Waals surface area (Å²) in [5.41, 5.74) is 1.91. The zero-order valence-electron chi connectivity index (χ0n) is 16.0. The summed E-state index contributed by atoms with van der Waals surface area (Å²) in [6.45, 7) is 0. The minimum Gasteiger partial charge on any atom is -0.744 e. The van der Waals surface area contributed by atoms with Crippen LogP contribution in [-0.4, -0.2) is 46.1 Å². The van der Waals surface area contributed by atoms with Crippen LogP contribution in [0.2, 0.25) is 0 Å². The van der Waals surface area contributed by atoms with Gasteiger partial charge in [0.2, 0.25) is 5.82 Å². The lowest BCUT2D eigenvalue weighted by Crippen LogP contribution is -2.02. The number of hydrogen-bond acceptors (Lipinski definition) is 9. The third kappa shape index (κ3) is 4.53. The van der Waals surface area contributed by atoms with Gasteiger partial charge in [-0.2, -0.15) is 8.42 Å². The molecule has 0 fully saturated rings. The minimum absolute atomic E-state index is 0.208. The van der Waals surface area contributed by atoms with E-state index in [-0.39, 0.29) is 16.4 Å². The Morgan fingerprint density at radius 3 is 1.84 bits per heavy atom. The van der Waals surface area contributed by atoms with Gasteiger partial charge in [0.05, 0.1) is 9.79 Å². The molecule has 0 aliphatic rings. The summed E-state index contributed by atoms with van der Waals surface area (Å²) in [5, 5.41) is 8.32. The maximum Gasteiger partial charge on any atom is 0.294 e. The van der Waals surface area contributed by atoms with Gasteiger partial charge in [0.25, 0.3) is 10.1 Å². The van der Waals surface area contributed by atoms with Crippen molar-refractivity contribution in [3.05, 3.63) is 72.9 Å². The Bertz CT molecular complexity index is 1490. The maximum atomic E-state index is 11.3. The van der Waals surface area contributed by atoms with Gasteiger partial charge in [0, 0.05) is 17.3 Å². The van der Waals surface area contributed by atoms with Crippen molar-refractivity contribution in [2.24, 2.45) is 0 Å². The van der Waals surface area contributed by atoms with E-state index in [1.807, 2.05) is 0 Å². The molecule has 1 N–H and O–H groups in total.